The number of hydrogen-bond acceptors (Lipinski definition) is 4. The highest BCUT2D eigenvalue weighted by Gasteiger charge is 2.35. The maximum Gasteiger partial charge on any atom is 0.253 e. The van der Waals surface area contributed by atoms with Crippen LogP contribution in [0.25, 0.3) is 10.9 Å². The molecule has 0 bridgehead atoms. The number of hydrogen-bond donors (Lipinski definition) is 1. The number of nitrogens with one attached hydrogen (secondary N) is 1. The molecule has 1 unspecified atom stereocenters. The molecule has 1 N–H and O–H groups in total. The zero-order valence-corrected chi connectivity index (χ0v) is 17.1. The van der Waals surface area contributed by atoms with Gasteiger partial charge >= 0.3 is 0 Å². The van der Waals surface area contributed by atoms with Crippen LogP contribution in [0, 0.1) is 12.8 Å². The van der Waals surface area contributed by atoms with E-state index in [1.54, 1.807) is 0 Å². The molecule has 29 heavy (non-hydrogen) atoms. The fourth-order valence-corrected chi connectivity index (χ4v) is 4.79. The first-order valence-electron chi connectivity index (χ1n) is 10.8. The van der Waals surface area contributed by atoms with E-state index in [1.807, 2.05) is 34.9 Å². The summed E-state index contributed by atoms with van der Waals surface area (Å²) in [6.45, 7) is 6.72. The topological polar surface area (TPSA) is 72.5 Å². The van der Waals surface area contributed by atoms with Crippen molar-refractivity contribution in [1.82, 2.24) is 24.9 Å². The van der Waals surface area contributed by atoms with Gasteiger partial charge in [0.05, 0.1) is 12.1 Å². The fraction of sp³-hybridized carbons (Fsp3) is 0.591. The number of amides is 2. The van der Waals surface area contributed by atoms with Crippen LogP contribution in [-0.4, -0.2) is 82.0 Å². The van der Waals surface area contributed by atoms with Crippen molar-refractivity contribution in [3.63, 3.8) is 0 Å². The molecule has 5 rings (SSSR count). The van der Waals surface area contributed by atoms with Gasteiger partial charge in [-0.3, -0.25) is 19.6 Å². The lowest BCUT2D eigenvalue weighted by Gasteiger charge is -2.43. The Balaban J connectivity index is 1.25. The number of carbonyl (C=O) groups is 2. The molecule has 0 radical (unpaired) electrons. The number of carbonyl (C=O) groups excluding carboxylic acids is 2. The van der Waals surface area contributed by atoms with E-state index in [2.05, 4.69) is 15.1 Å². The Labute approximate surface area is 171 Å². The number of aromatic nitrogens is 2. The quantitative estimate of drug-likeness (QED) is 0.860. The molecular weight excluding hydrogens is 366 g/mol. The van der Waals surface area contributed by atoms with Crippen molar-refractivity contribution in [2.24, 2.45) is 5.92 Å². The average Bonchev–Trinajstić information content (AvgIpc) is 3.48. The maximum atomic E-state index is 13.2. The second kappa shape index (κ2) is 7.44. The smallest absolute Gasteiger partial charge is 0.253 e. The van der Waals surface area contributed by atoms with E-state index in [0.717, 1.165) is 61.5 Å². The minimum Gasteiger partial charge on any atom is -0.337 e. The van der Waals surface area contributed by atoms with Gasteiger partial charge in [0.2, 0.25) is 5.91 Å². The van der Waals surface area contributed by atoms with Gasteiger partial charge in [-0.2, -0.15) is 5.10 Å². The van der Waals surface area contributed by atoms with Crippen LogP contribution in [0.5, 0.6) is 0 Å². The molecule has 3 heterocycles. The standard InChI is InChI=1S/C22H29N5O2/c1-15-19-11-17(6-7-20(19)24-23-15)22(29)26-8-2-3-18(13-26)27-10-9-25(14-21(27)28)12-16-4-5-16/h6-7,11,16,18H,2-5,8-10,12-14H2,1H3,(H,23,24). The summed E-state index contributed by atoms with van der Waals surface area (Å²) in [5.74, 6) is 1.09. The zero-order chi connectivity index (χ0) is 20.0. The van der Waals surface area contributed by atoms with Gasteiger partial charge in [0.1, 0.15) is 0 Å². The number of H-pyrrole nitrogens is 1. The Morgan fingerprint density at radius 2 is 2.07 bits per heavy atom. The monoisotopic (exact) mass is 395 g/mol. The van der Waals surface area contributed by atoms with Crippen LogP contribution in [0.2, 0.25) is 0 Å². The summed E-state index contributed by atoms with van der Waals surface area (Å²) < 4.78 is 0. The van der Waals surface area contributed by atoms with Crippen molar-refractivity contribution in [3.05, 3.63) is 29.5 Å². The fourth-order valence-electron chi connectivity index (χ4n) is 4.79. The normalized spacial score (nSPS) is 23.8. The highest BCUT2D eigenvalue weighted by Crippen LogP contribution is 2.30. The van der Waals surface area contributed by atoms with Gasteiger partial charge in [-0.25, -0.2) is 0 Å². The second-order valence-electron chi connectivity index (χ2n) is 8.89. The summed E-state index contributed by atoms with van der Waals surface area (Å²) in [5.41, 5.74) is 2.55. The molecule has 1 atom stereocenters. The molecule has 2 aliphatic heterocycles. The number of benzene rings is 1. The molecule has 154 valence electrons. The van der Waals surface area contributed by atoms with Gasteiger partial charge in [0.25, 0.3) is 5.91 Å². The molecular formula is C22H29N5O2. The van der Waals surface area contributed by atoms with E-state index in [-0.39, 0.29) is 17.9 Å². The third-order valence-electron chi connectivity index (χ3n) is 6.67. The summed E-state index contributed by atoms with van der Waals surface area (Å²) >= 11 is 0. The van der Waals surface area contributed by atoms with Crippen molar-refractivity contribution in [3.8, 4) is 0 Å². The van der Waals surface area contributed by atoms with Gasteiger partial charge in [-0.15, -0.1) is 0 Å². The van der Waals surface area contributed by atoms with E-state index in [9.17, 15) is 9.59 Å². The van der Waals surface area contributed by atoms with Crippen molar-refractivity contribution in [2.75, 3.05) is 39.3 Å². The Kier molecular flexibility index (Phi) is 4.78. The minimum absolute atomic E-state index is 0.0528. The van der Waals surface area contributed by atoms with Crippen LogP contribution < -0.4 is 0 Å². The van der Waals surface area contributed by atoms with Crippen LogP contribution in [0.15, 0.2) is 18.2 Å². The number of likely N-dealkylation sites (tertiary alicyclic amines) is 1. The molecule has 1 aliphatic carbocycles. The molecule has 7 nitrogen and oxygen atoms in total. The van der Waals surface area contributed by atoms with Crippen LogP contribution >= 0.6 is 0 Å². The summed E-state index contributed by atoms with van der Waals surface area (Å²) in [5, 5.41) is 8.21. The molecule has 3 aliphatic rings. The highest BCUT2D eigenvalue weighted by atomic mass is 16.2. The Morgan fingerprint density at radius 1 is 1.21 bits per heavy atom. The first-order valence-corrected chi connectivity index (χ1v) is 10.8. The number of piperazine rings is 1. The first kappa shape index (κ1) is 18.6. The van der Waals surface area contributed by atoms with Crippen molar-refractivity contribution in [2.45, 2.75) is 38.6 Å². The molecule has 1 aromatic heterocycles. The van der Waals surface area contributed by atoms with E-state index >= 15 is 0 Å². The van der Waals surface area contributed by atoms with E-state index in [1.165, 1.54) is 12.8 Å². The number of aryl methyl sites for hydroxylation is 1. The molecule has 1 aromatic carbocycles. The third kappa shape index (κ3) is 3.75. The first-order chi connectivity index (χ1) is 14.1. The maximum absolute atomic E-state index is 13.2. The molecule has 2 amide bonds. The van der Waals surface area contributed by atoms with Crippen molar-refractivity contribution in [1.29, 1.82) is 0 Å². The molecule has 1 saturated carbocycles. The average molecular weight is 396 g/mol. The predicted molar refractivity (Wildman–Crippen MR) is 111 cm³/mol. The summed E-state index contributed by atoms with van der Waals surface area (Å²) in [7, 11) is 0. The van der Waals surface area contributed by atoms with Crippen molar-refractivity contribution < 1.29 is 9.59 Å². The Morgan fingerprint density at radius 3 is 2.86 bits per heavy atom. The van der Waals surface area contributed by atoms with Gasteiger partial charge in [0, 0.05) is 55.4 Å². The molecule has 0 spiro atoms. The molecule has 2 saturated heterocycles. The Bertz CT molecular complexity index is 934. The minimum atomic E-state index is 0.0528. The lowest BCUT2D eigenvalue weighted by Crippen LogP contribution is -2.58. The number of fused-ring (bicyclic) bond motifs is 1. The lowest BCUT2D eigenvalue weighted by molar-refractivity contribution is -0.139. The summed E-state index contributed by atoms with van der Waals surface area (Å²) in [4.78, 5) is 32.2. The van der Waals surface area contributed by atoms with E-state index in [0.29, 0.717) is 18.7 Å². The summed E-state index contributed by atoms with van der Waals surface area (Å²) in [6.07, 6.45) is 4.56. The predicted octanol–water partition coefficient (Wildman–Crippen LogP) is 2.03. The number of rotatable bonds is 4. The van der Waals surface area contributed by atoms with Crippen molar-refractivity contribution >= 4 is 22.7 Å². The number of piperidine rings is 1. The van der Waals surface area contributed by atoms with Crippen LogP contribution in [0.3, 0.4) is 0 Å². The van der Waals surface area contributed by atoms with Gasteiger partial charge in [0.15, 0.2) is 0 Å². The second-order valence-corrected chi connectivity index (χ2v) is 8.89. The zero-order valence-electron chi connectivity index (χ0n) is 17.1. The number of nitrogens with zero attached hydrogens (tertiary/aromatic N) is 4. The molecule has 2 aromatic rings. The van der Waals surface area contributed by atoms with Gasteiger partial charge in [-0.05, 0) is 56.7 Å². The molecule has 3 fully saturated rings. The number of aromatic amines is 1. The molecule has 7 heteroatoms. The lowest BCUT2D eigenvalue weighted by atomic mass is 10.0. The Hall–Kier alpha value is -2.41. The van der Waals surface area contributed by atoms with Gasteiger partial charge < -0.3 is 9.80 Å². The van der Waals surface area contributed by atoms with Crippen LogP contribution in [-0.2, 0) is 4.79 Å². The third-order valence-corrected chi connectivity index (χ3v) is 6.67. The highest BCUT2D eigenvalue weighted by molar-refractivity contribution is 5.98. The van der Waals surface area contributed by atoms with Gasteiger partial charge in [-0.1, -0.05) is 0 Å². The summed E-state index contributed by atoms with van der Waals surface area (Å²) in [6, 6.07) is 5.83. The van der Waals surface area contributed by atoms with Crippen LogP contribution in [0.1, 0.15) is 41.7 Å². The largest absolute Gasteiger partial charge is 0.337 e. The SMILES string of the molecule is Cc1[nH]nc2ccc(C(=O)N3CCCC(N4CCN(CC5CC5)CC4=O)C3)cc12. The van der Waals surface area contributed by atoms with Crippen LogP contribution in [0.4, 0.5) is 0 Å². The van der Waals surface area contributed by atoms with E-state index in [4.69, 9.17) is 0 Å². The van der Waals surface area contributed by atoms with E-state index < -0.39 is 0 Å².